The summed E-state index contributed by atoms with van der Waals surface area (Å²) in [5, 5.41) is 8.44. The second-order valence-corrected chi connectivity index (χ2v) is 3.81. The summed E-state index contributed by atoms with van der Waals surface area (Å²) in [5.41, 5.74) is 0. The predicted molar refractivity (Wildman–Crippen MR) is 42.4 cm³/mol. The molecule has 12 heavy (non-hydrogen) atoms. The van der Waals surface area contributed by atoms with Crippen LogP contribution in [0.2, 0.25) is 0 Å². The Hall–Kier alpha value is -0.880. The highest BCUT2D eigenvalue weighted by Gasteiger charge is 2.22. The van der Waals surface area contributed by atoms with Crippen molar-refractivity contribution in [2.24, 2.45) is 5.92 Å². The Kier molecular flexibility index (Phi) is 3.91. The van der Waals surface area contributed by atoms with Gasteiger partial charge in [0.1, 0.15) is 0 Å². The summed E-state index contributed by atoms with van der Waals surface area (Å²) in [7, 11) is -4.22. The molecular weight excluding hydrogens is 184 g/mol. The van der Waals surface area contributed by atoms with Crippen LogP contribution in [0.5, 0.6) is 0 Å². The number of allylic oxidation sites excluding steroid dienone is 1. The topological polar surface area (TPSA) is 91.7 Å². The lowest BCUT2D eigenvalue weighted by molar-refractivity contribution is -0.140. The van der Waals surface area contributed by atoms with Crippen molar-refractivity contribution in [1.82, 2.24) is 0 Å². The maximum Gasteiger partial charge on any atom is 0.307 e. The van der Waals surface area contributed by atoms with E-state index in [-0.39, 0.29) is 6.42 Å². The largest absolute Gasteiger partial charge is 0.481 e. The molecule has 0 aliphatic rings. The number of carboxylic acids is 1. The monoisotopic (exact) mass is 194 g/mol. The number of rotatable bonds is 5. The summed E-state index contributed by atoms with van der Waals surface area (Å²) in [4.78, 5) is 10.3. The molecule has 5 nitrogen and oxygen atoms in total. The highest BCUT2D eigenvalue weighted by molar-refractivity contribution is 7.85. The standard InChI is InChI=1S/C6H10O5S/c1-2-3-5(6(7)8)4-12(9,10)11/h2,5H,1,3-4H2,(H,7,8)(H,9,10,11). The van der Waals surface area contributed by atoms with Crippen LogP contribution in [0.3, 0.4) is 0 Å². The van der Waals surface area contributed by atoms with Gasteiger partial charge in [-0.2, -0.15) is 8.42 Å². The van der Waals surface area contributed by atoms with Crippen LogP contribution in [0.4, 0.5) is 0 Å². The molecule has 0 radical (unpaired) electrons. The fraction of sp³-hybridized carbons (Fsp3) is 0.500. The Morgan fingerprint density at radius 2 is 2.08 bits per heavy atom. The van der Waals surface area contributed by atoms with Gasteiger partial charge < -0.3 is 5.11 Å². The first kappa shape index (κ1) is 11.1. The molecular formula is C6H10O5S. The minimum absolute atomic E-state index is 0.0229. The van der Waals surface area contributed by atoms with Crippen molar-refractivity contribution in [1.29, 1.82) is 0 Å². The van der Waals surface area contributed by atoms with Crippen LogP contribution >= 0.6 is 0 Å². The van der Waals surface area contributed by atoms with E-state index in [2.05, 4.69) is 6.58 Å². The molecule has 2 N–H and O–H groups in total. The maximum atomic E-state index is 10.3. The van der Waals surface area contributed by atoms with Gasteiger partial charge in [-0.3, -0.25) is 9.35 Å². The molecule has 0 aromatic heterocycles. The van der Waals surface area contributed by atoms with Gasteiger partial charge >= 0.3 is 5.97 Å². The number of aliphatic carboxylic acids is 1. The zero-order chi connectivity index (χ0) is 9.78. The molecule has 0 aromatic carbocycles. The van der Waals surface area contributed by atoms with Gasteiger partial charge in [0, 0.05) is 0 Å². The molecule has 0 spiro atoms. The van der Waals surface area contributed by atoms with Gasteiger partial charge in [-0.15, -0.1) is 6.58 Å². The average Bonchev–Trinajstić information content (AvgIpc) is 1.83. The molecule has 0 aliphatic heterocycles. The molecule has 0 fully saturated rings. The van der Waals surface area contributed by atoms with E-state index in [1.165, 1.54) is 6.08 Å². The van der Waals surface area contributed by atoms with E-state index in [1.807, 2.05) is 0 Å². The van der Waals surface area contributed by atoms with E-state index < -0.39 is 27.8 Å². The van der Waals surface area contributed by atoms with Crippen LogP contribution in [0, 0.1) is 5.92 Å². The molecule has 0 aliphatic carbocycles. The van der Waals surface area contributed by atoms with Crippen molar-refractivity contribution in [2.75, 3.05) is 5.75 Å². The normalized spacial score (nSPS) is 13.8. The minimum Gasteiger partial charge on any atom is -0.481 e. The Labute approximate surface area is 70.5 Å². The zero-order valence-electron chi connectivity index (χ0n) is 6.30. The Bertz CT molecular complexity index is 266. The van der Waals surface area contributed by atoms with Crippen LogP contribution in [-0.2, 0) is 14.9 Å². The number of hydrogen-bond acceptors (Lipinski definition) is 3. The van der Waals surface area contributed by atoms with Gasteiger partial charge in [0.25, 0.3) is 10.1 Å². The van der Waals surface area contributed by atoms with Crippen molar-refractivity contribution in [3.63, 3.8) is 0 Å². The molecule has 0 rings (SSSR count). The van der Waals surface area contributed by atoms with E-state index in [9.17, 15) is 13.2 Å². The van der Waals surface area contributed by atoms with Crippen LogP contribution in [0.25, 0.3) is 0 Å². The van der Waals surface area contributed by atoms with E-state index in [0.29, 0.717) is 0 Å². The second kappa shape index (κ2) is 4.22. The number of hydrogen-bond donors (Lipinski definition) is 2. The minimum atomic E-state index is -4.22. The third-order valence-corrected chi connectivity index (χ3v) is 2.04. The predicted octanol–water partition coefficient (Wildman–Crippen LogP) is 0.151. The Morgan fingerprint density at radius 1 is 1.58 bits per heavy atom. The van der Waals surface area contributed by atoms with E-state index in [1.54, 1.807) is 0 Å². The summed E-state index contributed by atoms with van der Waals surface area (Å²) >= 11 is 0. The van der Waals surface area contributed by atoms with Gasteiger partial charge in [-0.1, -0.05) is 6.08 Å². The number of carbonyl (C=O) groups is 1. The molecule has 0 saturated heterocycles. The first-order valence-corrected chi connectivity index (χ1v) is 4.76. The highest BCUT2D eigenvalue weighted by atomic mass is 32.2. The third kappa shape index (κ3) is 4.86. The van der Waals surface area contributed by atoms with E-state index >= 15 is 0 Å². The van der Waals surface area contributed by atoms with E-state index in [0.717, 1.165) is 0 Å². The van der Waals surface area contributed by atoms with Crippen LogP contribution in [0.15, 0.2) is 12.7 Å². The van der Waals surface area contributed by atoms with Crippen molar-refractivity contribution in [3.05, 3.63) is 12.7 Å². The zero-order valence-corrected chi connectivity index (χ0v) is 7.12. The lowest BCUT2D eigenvalue weighted by atomic mass is 10.1. The van der Waals surface area contributed by atoms with Gasteiger partial charge in [0.2, 0.25) is 0 Å². The van der Waals surface area contributed by atoms with Crippen molar-refractivity contribution in [2.45, 2.75) is 6.42 Å². The first-order valence-electron chi connectivity index (χ1n) is 3.15. The van der Waals surface area contributed by atoms with Crippen molar-refractivity contribution >= 4 is 16.1 Å². The van der Waals surface area contributed by atoms with Gasteiger partial charge in [-0.25, -0.2) is 0 Å². The fourth-order valence-electron chi connectivity index (χ4n) is 0.696. The summed E-state index contributed by atoms with van der Waals surface area (Å²) in [5.74, 6) is -3.14. The molecule has 0 amide bonds. The van der Waals surface area contributed by atoms with Crippen molar-refractivity contribution in [3.8, 4) is 0 Å². The summed E-state index contributed by atoms with van der Waals surface area (Å²) in [6.07, 6.45) is 1.32. The maximum absolute atomic E-state index is 10.3. The summed E-state index contributed by atoms with van der Waals surface area (Å²) in [6, 6.07) is 0. The molecule has 1 atom stereocenters. The molecule has 0 saturated carbocycles. The summed E-state index contributed by atoms with van der Waals surface area (Å²) in [6.45, 7) is 3.27. The molecule has 1 unspecified atom stereocenters. The molecule has 0 aromatic rings. The van der Waals surface area contributed by atoms with Crippen LogP contribution in [-0.4, -0.2) is 29.8 Å². The average molecular weight is 194 g/mol. The highest BCUT2D eigenvalue weighted by Crippen LogP contribution is 2.06. The van der Waals surface area contributed by atoms with Gasteiger partial charge in [0.05, 0.1) is 11.7 Å². The first-order chi connectivity index (χ1) is 5.37. The van der Waals surface area contributed by atoms with E-state index in [4.69, 9.17) is 9.66 Å². The smallest absolute Gasteiger partial charge is 0.307 e. The van der Waals surface area contributed by atoms with Crippen molar-refractivity contribution < 1.29 is 22.9 Å². The molecule has 0 bridgehead atoms. The lowest BCUT2D eigenvalue weighted by Gasteiger charge is -2.06. The molecule has 6 heteroatoms. The molecule has 0 heterocycles. The number of carboxylic acid groups (broad SMARTS) is 1. The van der Waals surface area contributed by atoms with Crippen LogP contribution < -0.4 is 0 Å². The van der Waals surface area contributed by atoms with Crippen LogP contribution in [0.1, 0.15) is 6.42 Å². The fourth-order valence-corrected chi connectivity index (χ4v) is 1.48. The Morgan fingerprint density at radius 3 is 2.33 bits per heavy atom. The quantitative estimate of drug-likeness (QED) is 0.480. The SMILES string of the molecule is C=CCC(CS(=O)(=O)O)C(=O)O. The van der Waals surface area contributed by atoms with Gasteiger partial charge in [0.15, 0.2) is 0 Å². The Balaban J connectivity index is 4.34. The molecule has 70 valence electrons. The second-order valence-electron chi connectivity index (χ2n) is 2.31. The van der Waals surface area contributed by atoms with Gasteiger partial charge in [-0.05, 0) is 6.42 Å². The lowest BCUT2D eigenvalue weighted by Crippen LogP contribution is -2.22. The third-order valence-electron chi connectivity index (χ3n) is 1.21. The summed E-state index contributed by atoms with van der Waals surface area (Å²) < 4.78 is 28.9.